The van der Waals surface area contributed by atoms with Gasteiger partial charge in [-0.05, 0) is 37.8 Å². The monoisotopic (exact) mass is 230 g/mol. The second-order valence-corrected chi connectivity index (χ2v) is 5.07. The van der Waals surface area contributed by atoms with Gasteiger partial charge >= 0.3 is 0 Å². The molecule has 2 aliphatic rings. The standard InChI is InChI=1S/C14H18N2O/c17-14(11-5-3-6-11)16-10-4-8-13(16)12-7-1-2-9-15-12/h1-2,7,9,11,13H,3-6,8,10H2. The van der Waals surface area contributed by atoms with E-state index in [-0.39, 0.29) is 6.04 Å². The summed E-state index contributed by atoms with van der Waals surface area (Å²) in [5, 5.41) is 0. The van der Waals surface area contributed by atoms with Crippen molar-refractivity contribution < 1.29 is 4.79 Å². The van der Waals surface area contributed by atoms with Crippen LogP contribution in [0.3, 0.4) is 0 Å². The average Bonchev–Trinajstić information content (AvgIpc) is 2.76. The first-order valence-electron chi connectivity index (χ1n) is 6.57. The Morgan fingerprint density at radius 1 is 1.24 bits per heavy atom. The zero-order valence-corrected chi connectivity index (χ0v) is 10.0. The van der Waals surface area contributed by atoms with Crippen molar-refractivity contribution in [3.63, 3.8) is 0 Å². The molecule has 1 amide bonds. The fourth-order valence-corrected chi connectivity index (χ4v) is 2.80. The minimum Gasteiger partial charge on any atom is -0.334 e. The lowest BCUT2D eigenvalue weighted by atomic mass is 9.84. The molecule has 1 unspecified atom stereocenters. The van der Waals surface area contributed by atoms with Gasteiger partial charge in [0.2, 0.25) is 5.91 Å². The van der Waals surface area contributed by atoms with Crippen molar-refractivity contribution in [2.24, 2.45) is 5.92 Å². The molecule has 2 fully saturated rings. The molecule has 0 bridgehead atoms. The molecule has 1 aliphatic carbocycles. The van der Waals surface area contributed by atoms with Gasteiger partial charge < -0.3 is 4.90 Å². The summed E-state index contributed by atoms with van der Waals surface area (Å²) in [6.07, 6.45) is 7.39. The van der Waals surface area contributed by atoms with Crippen LogP contribution in [0.5, 0.6) is 0 Å². The van der Waals surface area contributed by atoms with Crippen molar-refractivity contribution in [1.29, 1.82) is 0 Å². The highest BCUT2D eigenvalue weighted by Crippen LogP contribution is 2.36. The van der Waals surface area contributed by atoms with E-state index in [0.717, 1.165) is 37.9 Å². The zero-order valence-electron chi connectivity index (χ0n) is 10.0. The predicted octanol–water partition coefficient (Wildman–Crippen LogP) is 2.55. The quantitative estimate of drug-likeness (QED) is 0.782. The summed E-state index contributed by atoms with van der Waals surface area (Å²) in [6.45, 7) is 0.913. The van der Waals surface area contributed by atoms with E-state index in [4.69, 9.17) is 0 Å². The molecule has 3 heteroatoms. The molecule has 2 heterocycles. The largest absolute Gasteiger partial charge is 0.334 e. The van der Waals surface area contributed by atoms with Gasteiger partial charge in [0.25, 0.3) is 0 Å². The number of rotatable bonds is 2. The first-order chi connectivity index (χ1) is 8.36. The number of carbonyl (C=O) groups excluding carboxylic acids is 1. The van der Waals surface area contributed by atoms with Crippen LogP contribution in [0.15, 0.2) is 24.4 Å². The lowest BCUT2D eigenvalue weighted by Gasteiger charge is -2.32. The van der Waals surface area contributed by atoms with Gasteiger partial charge in [-0.25, -0.2) is 0 Å². The highest BCUT2D eigenvalue weighted by Gasteiger charge is 2.36. The van der Waals surface area contributed by atoms with Crippen LogP contribution in [0.25, 0.3) is 0 Å². The molecule has 1 atom stereocenters. The Kier molecular flexibility index (Phi) is 2.83. The van der Waals surface area contributed by atoms with Crippen molar-refractivity contribution in [3.05, 3.63) is 30.1 Å². The molecule has 90 valence electrons. The van der Waals surface area contributed by atoms with Crippen molar-refractivity contribution in [2.75, 3.05) is 6.54 Å². The van der Waals surface area contributed by atoms with Crippen LogP contribution in [0.1, 0.15) is 43.8 Å². The summed E-state index contributed by atoms with van der Waals surface area (Å²) in [6, 6.07) is 6.20. The molecular weight excluding hydrogens is 212 g/mol. The minimum absolute atomic E-state index is 0.226. The van der Waals surface area contributed by atoms with E-state index in [1.165, 1.54) is 6.42 Å². The SMILES string of the molecule is O=C(C1CCC1)N1CCCC1c1ccccn1. The minimum atomic E-state index is 0.226. The number of hydrogen-bond acceptors (Lipinski definition) is 2. The van der Waals surface area contributed by atoms with Gasteiger partial charge in [0.15, 0.2) is 0 Å². The van der Waals surface area contributed by atoms with Crippen molar-refractivity contribution >= 4 is 5.91 Å². The number of hydrogen-bond donors (Lipinski definition) is 0. The fourth-order valence-electron chi connectivity index (χ4n) is 2.80. The smallest absolute Gasteiger partial charge is 0.226 e. The number of carbonyl (C=O) groups is 1. The summed E-state index contributed by atoms with van der Waals surface area (Å²) in [5.41, 5.74) is 1.05. The van der Waals surface area contributed by atoms with Crippen LogP contribution in [0.2, 0.25) is 0 Å². The number of pyridine rings is 1. The normalized spacial score (nSPS) is 24.7. The second-order valence-electron chi connectivity index (χ2n) is 5.07. The number of aromatic nitrogens is 1. The van der Waals surface area contributed by atoms with E-state index in [1.807, 2.05) is 24.4 Å². The first kappa shape index (κ1) is 10.8. The molecule has 0 aromatic carbocycles. The van der Waals surface area contributed by atoms with Gasteiger partial charge in [0.05, 0.1) is 11.7 Å². The first-order valence-corrected chi connectivity index (χ1v) is 6.57. The third kappa shape index (κ3) is 1.94. The lowest BCUT2D eigenvalue weighted by Crippen LogP contribution is -2.38. The lowest BCUT2D eigenvalue weighted by molar-refractivity contribution is -0.139. The van der Waals surface area contributed by atoms with Crippen LogP contribution in [0, 0.1) is 5.92 Å². The molecule has 17 heavy (non-hydrogen) atoms. The van der Waals surface area contributed by atoms with Crippen LogP contribution in [0.4, 0.5) is 0 Å². The summed E-state index contributed by atoms with van der Waals surface area (Å²) in [5.74, 6) is 0.670. The third-order valence-corrected chi connectivity index (χ3v) is 4.02. The molecule has 1 saturated carbocycles. The highest BCUT2D eigenvalue weighted by molar-refractivity contribution is 5.80. The van der Waals surface area contributed by atoms with Crippen molar-refractivity contribution in [1.82, 2.24) is 9.88 Å². The van der Waals surface area contributed by atoms with Crippen LogP contribution >= 0.6 is 0 Å². The summed E-state index contributed by atoms with van der Waals surface area (Å²) in [4.78, 5) is 18.8. The van der Waals surface area contributed by atoms with E-state index in [9.17, 15) is 4.79 Å². The molecule has 1 aromatic heterocycles. The third-order valence-electron chi connectivity index (χ3n) is 4.02. The van der Waals surface area contributed by atoms with E-state index in [0.29, 0.717) is 11.8 Å². The molecular formula is C14H18N2O. The maximum absolute atomic E-state index is 12.3. The molecule has 0 radical (unpaired) electrons. The van der Waals surface area contributed by atoms with Crippen LogP contribution < -0.4 is 0 Å². The molecule has 0 N–H and O–H groups in total. The Morgan fingerprint density at radius 2 is 2.12 bits per heavy atom. The maximum Gasteiger partial charge on any atom is 0.226 e. The summed E-state index contributed by atoms with van der Waals surface area (Å²) >= 11 is 0. The van der Waals surface area contributed by atoms with Gasteiger partial charge in [0.1, 0.15) is 0 Å². The molecule has 1 aliphatic heterocycles. The van der Waals surface area contributed by atoms with Crippen molar-refractivity contribution in [2.45, 2.75) is 38.1 Å². The zero-order chi connectivity index (χ0) is 11.7. The molecule has 1 aromatic rings. The number of likely N-dealkylation sites (tertiary alicyclic amines) is 1. The number of amides is 1. The Bertz CT molecular complexity index is 400. The Balaban J connectivity index is 1.77. The molecule has 3 nitrogen and oxygen atoms in total. The van der Waals surface area contributed by atoms with Gasteiger partial charge in [-0.2, -0.15) is 0 Å². The van der Waals surface area contributed by atoms with Gasteiger partial charge in [-0.15, -0.1) is 0 Å². The molecule has 0 spiro atoms. The molecule has 1 saturated heterocycles. The molecule has 3 rings (SSSR count). The van der Waals surface area contributed by atoms with E-state index >= 15 is 0 Å². The highest BCUT2D eigenvalue weighted by atomic mass is 16.2. The number of nitrogens with zero attached hydrogens (tertiary/aromatic N) is 2. The predicted molar refractivity (Wildman–Crippen MR) is 65.3 cm³/mol. The van der Waals surface area contributed by atoms with Crippen LogP contribution in [-0.2, 0) is 4.79 Å². The van der Waals surface area contributed by atoms with E-state index < -0.39 is 0 Å². The van der Waals surface area contributed by atoms with Crippen LogP contribution in [-0.4, -0.2) is 22.3 Å². The van der Waals surface area contributed by atoms with Gasteiger partial charge in [0, 0.05) is 18.7 Å². The summed E-state index contributed by atoms with van der Waals surface area (Å²) < 4.78 is 0. The summed E-state index contributed by atoms with van der Waals surface area (Å²) in [7, 11) is 0. The van der Waals surface area contributed by atoms with Gasteiger partial charge in [-0.1, -0.05) is 12.5 Å². The fraction of sp³-hybridized carbons (Fsp3) is 0.571. The Hall–Kier alpha value is -1.38. The van der Waals surface area contributed by atoms with E-state index in [2.05, 4.69) is 9.88 Å². The van der Waals surface area contributed by atoms with E-state index in [1.54, 1.807) is 0 Å². The second kappa shape index (κ2) is 4.47. The Morgan fingerprint density at radius 3 is 2.76 bits per heavy atom. The van der Waals surface area contributed by atoms with Crippen molar-refractivity contribution in [3.8, 4) is 0 Å². The Labute approximate surface area is 102 Å². The maximum atomic E-state index is 12.3. The topological polar surface area (TPSA) is 33.2 Å². The average molecular weight is 230 g/mol. The van der Waals surface area contributed by atoms with Gasteiger partial charge in [-0.3, -0.25) is 9.78 Å².